The van der Waals surface area contributed by atoms with Gasteiger partial charge in [0.15, 0.2) is 0 Å². The van der Waals surface area contributed by atoms with Crippen LogP contribution in [0.25, 0.3) is 5.69 Å². The molecule has 0 fully saturated rings. The normalized spacial score (nSPS) is 10.6. The largest absolute Gasteiger partial charge is 0.353 e. The Morgan fingerprint density at radius 2 is 1.84 bits per heavy atom. The van der Waals surface area contributed by atoms with Crippen molar-refractivity contribution in [3.8, 4) is 5.69 Å². The van der Waals surface area contributed by atoms with Crippen LogP contribution in [0.4, 0.5) is 5.95 Å². The number of rotatable bonds is 8. The van der Waals surface area contributed by atoms with Crippen molar-refractivity contribution in [2.45, 2.75) is 25.7 Å². The molecule has 6 nitrogen and oxygen atoms in total. The van der Waals surface area contributed by atoms with Gasteiger partial charge in [0.25, 0.3) is 0 Å². The number of unbranched alkanes of at least 4 members (excludes halogenated alkanes) is 3. The molecule has 0 amide bonds. The molecule has 1 aromatic carbocycles. The molecule has 0 spiro atoms. The third-order valence-corrected chi connectivity index (χ3v) is 2.88. The number of nitrogens with two attached hydrogens (primary N) is 1. The number of hydrogen-bond donors (Lipinski definition) is 2. The summed E-state index contributed by atoms with van der Waals surface area (Å²) < 4.78 is 1.71. The van der Waals surface area contributed by atoms with Crippen molar-refractivity contribution in [3.63, 3.8) is 0 Å². The summed E-state index contributed by atoms with van der Waals surface area (Å²) in [4.78, 5) is 0. The van der Waals surface area contributed by atoms with Gasteiger partial charge in [-0.2, -0.15) is 4.68 Å². The smallest absolute Gasteiger partial charge is 0.247 e. The first kappa shape index (κ1) is 13.5. The number of benzene rings is 1. The molecule has 2 aromatic rings. The Hall–Kier alpha value is -1.95. The molecule has 0 atom stereocenters. The molecule has 0 aliphatic heterocycles. The molecule has 0 aliphatic rings. The lowest BCUT2D eigenvalue weighted by molar-refractivity contribution is 0.659. The van der Waals surface area contributed by atoms with Crippen LogP contribution in [0.1, 0.15) is 25.7 Å². The summed E-state index contributed by atoms with van der Waals surface area (Å²) in [5.41, 5.74) is 6.42. The highest BCUT2D eigenvalue weighted by Gasteiger charge is 2.06. The first-order valence-electron chi connectivity index (χ1n) is 6.69. The number of aromatic nitrogens is 4. The van der Waals surface area contributed by atoms with E-state index >= 15 is 0 Å². The van der Waals surface area contributed by atoms with Crippen LogP contribution in [-0.4, -0.2) is 33.3 Å². The molecule has 0 radical (unpaired) electrons. The predicted molar refractivity (Wildman–Crippen MR) is 75.2 cm³/mol. The van der Waals surface area contributed by atoms with Gasteiger partial charge in [-0.25, -0.2) is 0 Å². The van der Waals surface area contributed by atoms with Crippen molar-refractivity contribution in [2.75, 3.05) is 18.4 Å². The van der Waals surface area contributed by atoms with Crippen molar-refractivity contribution in [2.24, 2.45) is 5.73 Å². The molecular weight excluding hydrogens is 240 g/mol. The first-order valence-corrected chi connectivity index (χ1v) is 6.69. The Morgan fingerprint density at radius 1 is 1.05 bits per heavy atom. The molecule has 2 rings (SSSR count). The summed E-state index contributed by atoms with van der Waals surface area (Å²) in [5.74, 6) is 0.685. The average Bonchev–Trinajstić information content (AvgIpc) is 2.92. The van der Waals surface area contributed by atoms with Gasteiger partial charge in [-0.05, 0) is 41.9 Å². The lowest BCUT2D eigenvalue weighted by Gasteiger charge is -2.06. The fraction of sp³-hybridized carbons (Fsp3) is 0.462. The van der Waals surface area contributed by atoms with Crippen LogP contribution in [-0.2, 0) is 0 Å². The van der Waals surface area contributed by atoms with E-state index in [1.54, 1.807) is 4.68 Å². The number of hydrogen-bond acceptors (Lipinski definition) is 5. The molecule has 102 valence electrons. The topological polar surface area (TPSA) is 81.7 Å². The fourth-order valence-electron chi connectivity index (χ4n) is 1.86. The molecule has 0 unspecified atom stereocenters. The van der Waals surface area contributed by atoms with Crippen LogP contribution in [0.2, 0.25) is 0 Å². The first-order chi connectivity index (χ1) is 9.42. The van der Waals surface area contributed by atoms with Gasteiger partial charge in [-0.15, -0.1) is 0 Å². The van der Waals surface area contributed by atoms with Crippen LogP contribution in [0.15, 0.2) is 30.3 Å². The minimum atomic E-state index is 0.685. The zero-order valence-corrected chi connectivity index (χ0v) is 11.0. The van der Waals surface area contributed by atoms with Crippen molar-refractivity contribution >= 4 is 5.95 Å². The third-order valence-electron chi connectivity index (χ3n) is 2.88. The van der Waals surface area contributed by atoms with E-state index in [0.29, 0.717) is 5.95 Å². The summed E-state index contributed by atoms with van der Waals surface area (Å²) in [6.45, 7) is 1.65. The molecule has 1 heterocycles. The number of para-hydroxylation sites is 1. The Morgan fingerprint density at radius 3 is 2.63 bits per heavy atom. The van der Waals surface area contributed by atoms with Gasteiger partial charge in [0.2, 0.25) is 5.95 Å². The summed E-state index contributed by atoms with van der Waals surface area (Å²) in [7, 11) is 0. The summed E-state index contributed by atoms with van der Waals surface area (Å²) in [5, 5.41) is 15.0. The van der Waals surface area contributed by atoms with Crippen LogP contribution < -0.4 is 11.1 Å². The molecule has 3 N–H and O–H groups in total. The van der Waals surface area contributed by atoms with Crippen molar-refractivity contribution in [1.82, 2.24) is 20.2 Å². The highest BCUT2D eigenvalue weighted by Crippen LogP contribution is 2.10. The van der Waals surface area contributed by atoms with Crippen molar-refractivity contribution < 1.29 is 0 Å². The van der Waals surface area contributed by atoms with E-state index in [2.05, 4.69) is 20.8 Å². The van der Waals surface area contributed by atoms with Crippen LogP contribution in [0.3, 0.4) is 0 Å². The third kappa shape index (κ3) is 4.03. The number of anilines is 1. The van der Waals surface area contributed by atoms with Gasteiger partial charge in [0, 0.05) is 6.54 Å². The molecule has 19 heavy (non-hydrogen) atoms. The Labute approximate surface area is 113 Å². The maximum atomic E-state index is 5.46. The monoisotopic (exact) mass is 260 g/mol. The summed E-state index contributed by atoms with van der Waals surface area (Å²) >= 11 is 0. The van der Waals surface area contributed by atoms with Gasteiger partial charge >= 0.3 is 0 Å². The molecule has 0 saturated heterocycles. The number of nitrogens with zero attached hydrogens (tertiary/aromatic N) is 4. The van der Waals surface area contributed by atoms with E-state index < -0.39 is 0 Å². The van der Waals surface area contributed by atoms with Crippen LogP contribution in [0, 0.1) is 0 Å². The Kier molecular flexibility index (Phi) is 5.31. The summed E-state index contributed by atoms with van der Waals surface area (Å²) in [6.07, 6.45) is 4.56. The van der Waals surface area contributed by atoms with Crippen molar-refractivity contribution in [1.29, 1.82) is 0 Å². The lowest BCUT2D eigenvalue weighted by atomic mass is 10.2. The quantitative estimate of drug-likeness (QED) is 0.704. The lowest BCUT2D eigenvalue weighted by Crippen LogP contribution is -2.09. The molecule has 0 aliphatic carbocycles. The maximum absolute atomic E-state index is 5.46. The van der Waals surface area contributed by atoms with Crippen LogP contribution in [0.5, 0.6) is 0 Å². The summed E-state index contributed by atoms with van der Waals surface area (Å²) in [6, 6.07) is 9.85. The maximum Gasteiger partial charge on any atom is 0.247 e. The van der Waals surface area contributed by atoms with E-state index in [9.17, 15) is 0 Å². The van der Waals surface area contributed by atoms with Gasteiger partial charge in [-0.1, -0.05) is 36.1 Å². The fourth-order valence-corrected chi connectivity index (χ4v) is 1.86. The standard InChI is InChI=1S/C13H20N6/c14-10-6-1-2-7-11-15-13-16-17-18-19(13)12-8-4-3-5-9-12/h3-5,8-9H,1-2,6-7,10-11,14H2,(H,15,16,18). The number of tetrazole rings is 1. The average molecular weight is 260 g/mol. The van der Waals surface area contributed by atoms with Crippen molar-refractivity contribution in [3.05, 3.63) is 30.3 Å². The van der Waals surface area contributed by atoms with E-state index in [4.69, 9.17) is 5.73 Å². The molecule has 0 bridgehead atoms. The SMILES string of the molecule is NCCCCCCNc1nnnn1-c1ccccc1. The van der Waals surface area contributed by atoms with Gasteiger partial charge in [0.1, 0.15) is 0 Å². The zero-order valence-electron chi connectivity index (χ0n) is 11.0. The Bertz CT molecular complexity index is 467. The second-order valence-electron chi connectivity index (χ2n) is 4.38. The molecule has 1 aromatic heterocycles. The highest BCUT2D eigenvalue weighted by atomic mass is 15.6. The second kappa shape index (κ2) is 7.48. The van der Waals surface area contributed by atoms with E-state index in [-0.39, 0.29) is 0 Å². The predicted octanol–water partition coefficient (Wildman–Crippen LogP) is 1.59. The van der Waals surface area contributed by atoms with E-state index in [1.807, 2.05) is 30.3 Å². The second-order valence-corrected chi connectivity index (χ2v) is 4.38. The molecular formula is C13H20N6. The number of nitrogens with one attached hydrogen (secondary N) is 1. The molecule has 6 heteroatoms. The van der Waals surface area contributed by atoms with E-state index in [0.717, 1.165) is 31.6 Å². The minimum absolute atomic E-state index is 0.685. The van der Waals surface area contributed by atoms with Crippen LogP contribution >= 0.6 is 0 Å². The Balaban J connectivity index is 1.83. The van der Waals surface area contributed by atoms with Gasteiger partial charge in [-0.3, -0.25) is 0 Å². The zero-order chi connectivity index (χ0) is 13.3. The highest BCUT2D eigenvalue weighted by molar-refractivity contribution is 5.38. The van der Waals surface area contributed by atoms with Gasteiger partial charge < -0.3 is 11.1 Å². The van der Waals surface area contributed by atoms with Gasteiger partial charge in [0.05, 0.1) is 5.69 Å². The minimum Gasteiger partial charge on any atom is -0.353 e. The van der Waals surface area contributed by atoms with E-state index in [1.165, 1.54) is 12.8 Å². The molecule has 0 saturated carbocycles.